The molecule has 0 bridgehead atoms. The van der Waals surface area contributed by atoms with E-state index in [1.54, 1.807) is 23.1 Å². The summed E-state index contributed by atoms with van der Waals surface area (Å²) in [5.41, 5.74) is 1.43. The predicted molar refractivity (Wildman–Crippen MR) is 102 cm³/mol. The van der Waals surface area contributed by atoms with Gasteiger partial charge in [-0.2, -0.15) is 5.26 Å². The summed E-state index contributed by atoms with van der Waals surface area (Å²) in [4.78, 5) is 16.5. The molecule has 138 valence electrons. The predicted octanol–water partition coefficient (Wildman–Crippen LogP) is 2.99. The van der Waals surface area contributed by atoms with Gasteiger partial charge < -0.3 is 10.2 Å². The van der Waals surface area contributed by atoms with Gasteiger partial charge in [0.25, 0.3) is 5.91 Å². The van der Waals surface area contributed by atoms with Gasteiger partial charge in [-0.25, -0.2) is 4.39 Å². The Hall–Kier alpha value is -3.17. The number of carbonyl (C=O) groups excluding carboxylic acids is 1. The fraction of sp³-hybridized carbons (Fsp3) is 0.238. The third-order valence-corrected chi connectivity index (χ3v) is 4.51. The van der Waals surface area contributed by atoms with Gasteiger partial charge in [-0.3, -0.25) is 9.69 Å². The normalized spacial score (nSPS) is 15.3. The molecule has 1 aliphatic heterocycles. The number of para-hydroxylation sites is 1. The Morgan fingerprint density at radius 2 is 1.74 bits per heavy atom. The molecule has 0 aromatic heterocycles. The van der Waals surface area contributed by atoms with Crippen LogP contribution < -0.4 is 5.32 Å². The zero-order chi connectivity index (χ0) is 19.1. The van der Waals surface area contributed by atoms with Crippen LogP contribution in [0, 0.1) is 17.1 Å². The van der Waals surface area contributed by atoms with Crippen LogP contribution in [0.25, 0.3) is 0 Å². The number of nitrogens with one attached hydrogen (secondary N) is 1. The third-order valence-electron chi connectivity index (χ3n) is 4.51. The Balaban J connectivity index is 1.56. The van der Waals surface area contributed by atoms with Crippen molar-refractivity contribution in [3.63, 3.8) is 0 Å². The van der Waals surface area contributed by atoms with Crippen molar-refractivity contribution in [1.82, 2.24) is 9.80 Å². The summed E-state index contributed by atoms with van der Waals surface area (Å²) in [5, 5.41) is 12.0. The van der Waals surface area contributed by atoms with E-state index in [-0.39, 0.29) is 17.2 Å². The van der Waals surface area contributed by atoms with Crippen molar-refractivity contribution in [1.29, 1.82) is 5.26 Å². The second-order valence-electron chi connectivity index (χ2n) is 6.35. The van der Waals surface area contributed by atoms with Crippen LogP contribution in [0.3, 0.4) is 0 Å². The molecule has 1 fully saturated rings. The van der Waals surface area contributed by atoms with E-state index >= 15 is 0 Å². The highest BCUT2D eigenvalue weighted by molar-refractivity contribution is 5.97. The van der Waals surface area contributed by atoms with Gasteiger partial charge in [-0.1, -0.05) is 42.5 Å². The molecule has 6 heteroatoms. The van der Waals surface area contributed by atoms with Crippen molar-refractivity contribution in [2.24, 2.45) is 0 Å². The Labute approximate surface area is 158 Å². The van der Waals surface area contributed by atoms with E-state index in [0.717, 1.165) is 19.6 Å². The smallest absolute Gasteiger partial charge is 0.266 e. The maximum Gasteiger partial charge on any atom is 0.266 e. The van der Waals surface area contributed by atoms with Crippen molar-refractivity contribution in [2.45, 2.75) is 6.54 Å². The summed E-state index contributed by atoms with van der Waals surface area (Å²) in [6, 6.07) is 18.2. The molecule has 1 saturated heterocycles. The minimum absolute atomic E-state index is 0.0326. The summed E-state index contributed by atoms with van der Waals surface area (Å²) in [6.45, 7) is 3.47. The summed E-state index contributed by atoms with van der Waals surface area (Å²) >= 11 is 0. The van der Waals surface area contributed by atoms with E-state index in [0.29, 0.717) is 13.1 Å². The molecular weight excluding hydrogens is 343 g/mol. The number of hydrogen-bond donors (Lipinski definition) is 1. The highest BCUT2D eigenvalue weighted by Crippen LogP contribution is 2.14. The number of nitrogens with zero attached hydrogens (tertiary/aromatic N) is 3. The van der Waals surface area contributed by atoms with E-state index in [2.05, 4.69) is 22.3 Å². The molecule has 1 N–H and O–H groups in total. The molecule has 27 heavy (non-hydrogen) atoms. The van der Waals surface area contributed by atoms with E-state index in [1.807, 2.05) is 24.3 Å². The van der Waals surface area contributed by atoms with Gasteiger partial charge in [-0.15, -0.1) is 0 Å². The highest BCUT2D eigenvalue weighted by Gasteiger charge is 2.23. The molecule has 0 unspecified atom stereocenters. The monoisotopic (exact) mass is 364 g/mol. The Morgan fingerprint density at radius 3 is 2.41 bits per heavy atom. The van der Waals surface area contributed by atoms with Crippen LogP contribution in [0.15, 0.2) is 66.4 Å². The molecular formula is C21H21FN4O. The van der Waals surface area contributed by atoms with Crippen molar-refractivity contribution in [3.8, 4) is 6.07 Å². The second-order valence-corrected chi connectivity index (χ2v) is 6.35. The van der Waals surface area contributed by atoms with Gasteiger partial charge in [-0.05, 0) is 17.7 Å². The molecule has 0 spiro atoms. The van der Waals surface area contributed by atoms with Gasteiger partial charge in [0, 0.05) is 38.9 Å². The number of nitriles is 1. The molecule has 3 rings (SSSR count). The summed E-state index contributed by atoms with van der Waals surface area (Å²) in [7, 11) is 0. The molecule has 0 saturated carbocycles. The van der Waals surface area contributed by atoms with Crippen LogP contribution in [0.2, 0.25) is 0 Å². The van der Waals surface area contributed by atoms with Crippen molar-refractivity contribution < 1.29 is 9.18 Å². The Bertz CT molecular complexity index is 852. The molecule has 1 amide bonds. The zero-order valence-electron chi connectivity index (χ0n) is 14.9. The number of piperazine rings is 1. The lowest BCUT2D eigenvalue weighted by Crippen LogP contribution is -2.48. The van der Waals surface area contributed by atoms with Crippen LogP contribution in [-0.2, 0) is 11.3 Å². The van der Waals surface area contributed by atoms with Gasteiger partial charge in [0.2, 0.25) is 0 Å². The first kappa shape index (κ1) is 18.6. The van der Waals surface area contributed by atoms with Gasteiger partial charge in [0.1, 0.15) is 17.5 Å². The van der Waals surface area contributed by atoms with Crippen LogP contribution in [0.4, 0.5) is 10.1 Å². The fourth-order valence-electron chi connectivity index (χ4n) is 2.99. The number of benzene rings is 2. The number of anilines is 1. The average molecular weight is 364 g/mol. The van der Waals surface area contributed by atoms with Crippen LogP contribution in [-0.4, -0.2) is 41.9 Å². The van der Waals surface area contributed by atoms with Gasteiger partial charge >= 0.3 is 0 Å². The first-order valence-corrected chi connectivity index (χ1v) is 8.84. The topological polar surface area (TPSA) is 59.4 Å². The van der Waals surface area contributed by atoms with Crippen molar-refractivity contribution in [3.05, 3.63) is 77.8 Å². The molecule has 0 aliphatic carbocycles. The maximum absolute atomic E-state index is 13.6. The van der Waals surface area contributed by atoms with Crippen molar-refractivity contribution >= 4 is 11.6 Å². The van der Waals surface area contributed by atoms with Crippen LogP contribution >= 0.6 is 0 Å². The maximum atomic E-state index is 13.6. The molecule has 1 heterocycles. The molecule has 0 atom stereocenters. The summed E-state index contributed by atoms with van der Waals surface area (Å²) in [6.07, 6.45) is 1.27. The molecule has 1 aliphatic rings. The molecule has 2 aromatic carbocycles. The molecule has 5 nitrogen and oxygen atoms in total. The van der Waals surface area contributed by atoms with Gasteiger partial charge in [0.15, 0.2) is 0 Å². The first-order chi connectivity index (χ1) is 13.2. The van der Waals surface area contributed by atoms with Crippen molar-refractivity contribution in [2.75, 3.05) is 31.5 Å². The Morgan fingerprint density at radius 1 is 1.07 bits per heavy atom. The minimum Gasteiger partial charge on any atom is -0.358 e. The number of amides is 1. The van der Waals surface area contributed by atoms with E-state index < -0.39 is 5.82 Å². The third kappa shape index (κ3) is 4.93. The SMILES string of the molecule is N#C/C(=C/Nc1ccccc1F)C(=O)N1CCN(Cc2ccccc2)CC1. The number of halogens is 1. The molecule has 0 radical (unpaired) electrons. The standard InChI is InChI=1S/C21H21FN4O/c22-19-8-4-5-9-20(19)24-15-18(14-23)21(27)26-12-10-25(11-13-26)16-17-6-2-1-3-7-17/h1-9,15,24H,10-13,16H2/b18-15-. The first-order valence-electron chi connectivity index (χ1n) is 8.84. The Kier molecular flexibility index (Phi) is 6.18. The van der Waals surface area contributed by atoms with E-state index in [9.17, 15) is 14.4 Å². The lowest BCUT2D eigenvalue weighted by molar-refractivity contribution is -0.128. The minimum atomic E-state index is -0.437. The van der Waals surface area contributed by atoms with Crippen LogP contribution in [0.5, 0.6) is 0 Å². The number of carbonyl (C=O) groups is 1. The van der Waals surface area contributed by atoms with E-state index in [4.69, 9.17) is 0 Å². The van der Waals surface area contributed by atoms with Crippen LogP contribution in [0.1, 0.15) is 5.56 Å². The lowest BCUT2D eigenvalue weighted by Gasteiger charge is -2.34. The van der Waals surface area contributed by atoms with Gasteiger partial charge in [0.05, 0.1) is 5.69 Å². The van der Waals surface area contributed by atoms with E-state index in [1.165, 1.54) is 17.8 Å². The zero-order valence-corrected chi connectivity index (χ0v) is 14.9. The second kappa shape index (κ2) is 8.97. The fourth-order valence-corrected chi connectivity index (χ4v) is 2.99. The average Bonchev–Trinajstić information content (AvgIpc) is 2.71. The quantitative estimate of drug-likeness (QED) is 0.655. The molecule has 2 aromatic rings. The highest BCUT2D eigenvalue weighted by atomic mass is 19.1. The number of hydrogen-bond acceptors (Lipinski definition) is 4. The largest absolute Gasteiger partial charge is 0.358 e. The number of rotatable bonds is 5. The summed E-state index contributed by atoms with van der Waals surface area (Å²) in [5.74, 6) is -0.770. The summed E-state index contributed by atoms with van der Waals surface area (Å²) < 4.78 is 13.6. The lowest BCUT2D eigenvalue weighted by atomic mass is 10.2.